The number of carboxylic acid groups (broad SMARTS) is 1. The third-order valence-corrected chi connectivity index (χ3v) is 1.58. The minimum atomic E-state index is -1.04. The third kappa shape index (κ3) is 2.93. The van der Waals surface area contributed by atoms with E-state index in [2.05, 4.69) is 4.98 Å². The van der Waals surface area contributed by atoms with Crippen LogP contribution in [0.4, 0.5) is 4.39 Å². The molecule has 0 aliphatic rings. The molecule has 1 aromatic rings. The number of aliphatic carboxylic acids is 1. The van der Waals surface area contributed by atoms with Crippen LogP contribution >= 0.6 is 0 Å². The Bertz CT molecular complexity index is 348. The second-order valence-electron chi connectivity index (χ2n) is 2.68. The van der Waals surface area contributed by atoms with Crippen LogP contribution in [0.1, 0.15) is 23.3 Å². The first-order chi connectivity index (χ1) is 6.59. The summed E-state index contributed by atoms with van der Waals surface area (Å²) in [7, 11) is 0. The summed E-state index contributed by atoms with van der Waals surface area (Å²) < 4.78 is 12.4. The lowest BCUT2D eigenvalue weighted by molar-refractivity contribution is -0.136. The predicted octanol–water partition coefficient (Wildman–Crippen LogP) is 1.27. The van der Waals surface area contributed by atoms with Crippen LogP contribution in [-0.2, 0) is 4.79 Å². The molecular formula is C9H8FNO3. The Hall–Kier alpha value is -1.78. The normalized spacial score (nSPS) is 9.79. The van der Waals surface area contributed by atoms with Crippen LogP contribution in [0.2, 0.25) is 0 Å². The maximum atomic E-state index is 12.4. The molecule has 0 unspecified atom stereocenters. The number of halogens is 1. The van der Waals surface area contributed by atoms with Crippen molar-refractivity contribution in [3.8, 4) is 0 Å². The van der Waals surface area contributed by atoms with Crippen LogP contribution in [0, 0.1) is 5.82 Å². The van der Waals surface area contributed by atoms with E-state index >= 15 is 0 Å². The summed E-state index contributed by atoms with van der Waals surface area (Å²) in [4.78, 5) is 24.9. The number of ketones is 1. The van der Waals surface area contributed by atoms with Crippen molar-refractivity contribution < 1.29 is 19.1 Å². The summed E-state index contributed by atoms with van der Waals surface area (Å²) >= 11 is 0. The van der Waals surface area contributed by atoms with E-state index < -0.39 is 17.6 Å². The molecule has 0 aromatic carbocycles. The first-order valence-corrected chi connectivity index (χ1v) is 3.96. The zero-order chi connectivity index (χ0) is 10.6. The van der Waals surface area contributed by atoms with Gasteiger partial charge in [0, 0.05) is 6.42 Å². The van der Waals surface area contributed by atoms with Gasteiger partial charge in [0.2, 0.25) is 0 Å². The van der Waals surface area contributed by atoms with Gasteiger partial charge < -0.3 is 5.11 Å². The van der Waals surface area contributed by atoms with E-state index in [0.717, 1.165) is 12.3 Å². The van der Waals surface area contributed by atoms with E-state index in [1.807, 2.05) is 0 Å². The van der Waals surface area contributed by atoms with Crippen LogP contribution in [0.5, 0.6) is 0 Å². The second kappa shape index (κ2) is 4.45. The first kappa shape index (κ1) is 10.3. The van der Waals surface area contributed by atoms with Gasteiger partial charge in [-0.1, -0.05) is 0 Å². The molecule has 1 aromatic heterocycles. The van der Waals surface area contributed by atoms with E-state index in [9.17, 15) is 14.0 Å². The summed E-state index contributed by atoms with van der Waals surface area (Å²) in [5.74, 6) is -1.97. The smallest absolute Gasteiger partial charge is 0.303 e. The largest absolute Gasteiger partial charge is 0.481 e. The van der Waals surface area contributed by atoms with Crippen molar-refractivity contribution in [1.82, 2.24) is 4.98 Å². The van der Waals surface area contributed by atoms with Crippen LogP contribution in [0.15, 0.2) is 18.3 Å². The van der Waals surface area contributed by atoms with Gasteiger partial charge in [-0.2, -0.15) is 0 Å². The molecule has 0 saturated heterocycles. The Labute approximate surface area is 79.4 Å². The van der Waals surface area contributed by atoms with Crippen LogP contribution < -0.4 is 0 Å². The number of aromatic nitrogens is 1. The molecule has 0 radical (unpaired) electrons. The van der Waals surface area contributed by atoms with Crippen molar-refractivity contribution in [1.29, 1.82) is 0 Å². The Morgan fingerprint density at radius 3 is 2.57 bits per heavy atom. The Kier molecular flexibility index (Phi) is 3.28. The van der Waals surface area contributed by atoms with Gasteiger partial charge in [-0.15, -0.1) is 0 Å². The topological polar surface area (TPSA) is 67.3 Å². The van der Waals surface area contributed by atoms with Gasteiger partial charge in [-0.25, -0.2) is 4.39 Å². The predicted molar refractivity (Wildman–Crippen MR) is 45.4 cm³/mol. The van der Waals surface area contributed by atoms with E-state index in [0.29, 0.717) is 0 Å². The van der Waals surface area contributed by atoms with E-state index in [4.69, 9.17) is 5.11 Å². The second-order valence-corrected chi connectivity index (χ2v) is 2.68. The fourth-order valence-electron chi connectivity index (χ4n) is 0.889. The molecule has 1 rings (SSSR count). The molecule has 0 amide bonds. The monoisotopic (exact) mass is 197 g/mol. The number of rotatable bonds is 4. The number of carbonyl (C=O) groups excluding carboxylic acids is 1. The van der Waals surface area contributed by atoms with Crippen LogP contribution in [0.25, 0.3) is 0 Å². The highest BCUT2D eigenvalue weighted by Crippen LogP contribution is 2.03. The summed E-state index contributed by atoms with van der Waals surface area (Å²) in [6, 6.07) is 2.35. The molecule has 0 aliphatic heterocycles. The summed E-state index contributed by atoms with van der Waals surface area (Å²) in [5, 5.41) is 8.32. The highest BCUT2D eigenvalue weighted by molar-refractivity contribution is 5.95. The fourth-order valence-corrected chi connectivity index (χ4v) is 0.889. The number of carbonyl (C=O) groups is 2. The van der Waals surface area contributed by atoms with Crippen molar-refractivity contribution in [2.24, 2.45) is 0 Å². The van der Waals surface area contributed by atoms with E-state index in [-0.39, 0.29) is 18.5 Å². The average molecular weight is 197 g/mol. The molecular weight excluding hydrogens is 189 g/mol. The lowest BCUT2D eigenvalue weighted by Crippen LogP contribution is -2.05. The van der Waals surface area contributed by atoms with Crippen molar-refractivity contribution in [3.63, 3.8) is 0 Å². The van der Waals surface area contributed by atoms with Gasteiger partial charge in [0.15, 0.2) is 5.78 Å². The zero-order valence-electron chi connectivity index (χ0n) is 7.24. The maximum absolute atomic E-state index is 12.4. The molecule has 1 heterocycles. The van der Waals surface area contributed by atoms with Gasteiger partial charge in [0.1, 0.15) is 11.5 Å². The van der Waals surface area contributed by atoms with Gasteiger partial charge in [0.05, 0.1) is 12.6 Å². The number of carboxylic acids is 1. The Morgan fingerprint density at radius 2 is 2.07 bits per heavy atom. The molecule has 4 nitrogen and oxygen atoms in total. The minimum Gasteiger partial charge on any atom is -0.481 e. The van der Waals surface area contributed by atoms with Gasteiger partial charge >= 0.3 is 5.97 Å². The van der Waals surface area contributed by atoms with Gasteiger partial charge in [-0.3, -0.25) is 14.6 Å². The van der Waals surface area contributed by atoms with Gasteiger partial charge in [0.25, 0.3) is 0 Å². The Balaban J connectivity index is 2.61. The molecule has 0 bridgehead atoms. The first-order valence-electron chi connectivity index (χ1n) is 3.96. The molecule has 0 atom stereocenters. The lowest BCUT2D eigenvalue weighted by atomic mass is 10.1. The molecule has 0 saturated carbocycles. The maximum Gasteiger partial charge on any atom is 0.303 e. The van der Waals surface area contributed by atoms with E-state index in [1.54, 1.807) is 0 Å². The number of hydrogen-bond donors (Lipinski definition) is 1. The average Bonchev–Trinajstić information content (AvgIpc) is 2.15. The van der Waals surface area contributed by atoms with Crippen LogP contribution in [-0.4, -0.2) is 21.8 Å². The molecule has 14 heavy (non-hydrogen) atoms. The Morgan fingerprint density at radius 1 is 1.36 bits per heavy atom. The molecule has 1 N–H and O–H groups in total. The molecule has 74 valence electrons. The van der Waals surface area contributed by atoms with Crippen molar-refractivity contribution in [2.45, 2.75) is 12.8 Å². The third-order valence-electron chi connectivity index (χ3n) is 1.58. The van der Waals surface area contributed by atoms with Crippen molar-refractivity contribution in [3.05, 3.63) is 29.8 Å². The highest BCUT2D eigenvalue weighted by Gasteiger charge is 2.09. The molecule has 0 aliphatic carbocycles. The zero-order valence-corrected chi connectivity index (χ0v) is 7.24. The summed E-state index contributed by atoms with van der Waals surface area (Å²) in [6.45, 7) is 0. The minimum absolute atomic E-state index is 0.0904. The van der Waals surface area contributed by atoms with Crippen LogP contribution in [0.3, 0.4) is 0 Å². The SMILES string of the molecule is O=C(O)CCC(=O)c1ccc(F)cn1. The number of pyridine rings is 1. The van der Waals surface area contributed by atoms with E-state index in [1.165, 1.54) is 6.07 Å². The standard InChI is InChI=1S/C9H8FNO3/c10-6-1-2-7(11-5-6)8(12)3-4-9(13)14/h1-2,5H,3-4H2,(H,13,14). The summed E-state index contributed by atoms with van der Waals surface area (Å²) in [6.07, 6.45) is 0.569. The van der Waals surface area contributed by atoms with Crippen molar-refractivity contribution >= 4 is 11.8 Å². The van der Waals surface area contributed by atoms with Gasteiger partial charge in [-0.05, 0) is 12.1 Å². The molecule has 5 heteroatoms. The van der Waals surface area contributed by atoms with Crippen molar-refractivity contribution in [2.75, 3.05) is 0 Å². The number of Topliss-reactive ketones (excluding diaryl/α,β-unsaturated/α-hetero) is 1. The number of nitrogens with zero attached hydrogens (tertiary/aromatic N) is 1. The fraction of sp³-hybridized carbons (Fsp3) is 0.222. The molecule has 0 fully saturated rings. The highest BCUT2D eigenvalue weighted by atomic mass is 19.1. The quantitative estimate of drug-likeness (QED) is 0.738. The lowest BCUT2D eigenvalue weighted by Gasteiger charge is -1.97. The molecule has 0 spiro atoms. The number of hydrogen-bond acceptors (Lipinski definition) is 3. The summed E-state index contributed by atoms with van der Waals surface area (Å²) in [5.41, 5.74) is 0.0904.